The summed E-state index contributed by atoms with van der Waals surface area (Å²) in [7, 11) is 0. The fourth-order valence-electron chi connectivity index (χ4n) is 0.973. The van der Waals surface area contributed by atoms with Gasteiger partial charge in [0.15, 0.2) is 5.78 Å². The molecule has 0 radical (unpaired) electrons. The number of aromatic nitrogens is 1. The normalized spacial score (nSPS) is 14.4. The van der Waals surface area contributed by atoms with Crippen molar-refractivity contribution >= 4 is 5.78 Å². The molecule has 0 aromatic carbocycles. The molecule has 2 heteroatoms. The lowest BCUT2D eigenvalue weighted by atomic mass is 9.93. The van der Waals surface area contributed by atoms with E-state index in [4.69, 9.17) is 0 Å². The molecule has 0 saturated carbocycles. The van der Waals surface area contributed by atoms with Crippen LogP contribution in [0.3, 0.4) is 0 Å². The second-order valence-corrected chi connectivity index (χ2v) is 2.10. The average Bonchev–Trinajstić information content (AvgIpc) is 1.86. The molecule has 1 aliphatic carbocycles. The van der Waals surface area contributed by atoms with E-state index in [9.17, 15) is 4.79 Å². The Labute approximate surface area is 52.5 Å². The van der Waals surface area contributed by atoms with Crippen LogP contribution in [0.15, 0.2) is 18.3 Å². The molecule has 9 heavy (non-hydrogen) atoms. The van der Waals surface area contributed by atoms with Gasteiger partial charge in [-0.25, -0.2) is 0 Å². The van der Waals surface area contributed by atoms with Crippen LogP contribution < -0.4 is 0 Å². The van der Waals surface area contributed by atoms with Gasteiger partial charge in [0.25, 0.3) is 0 Å². The lowest BCUT2D eigenvalue weighted by Gasteiger charge is -2.13. The van der Waals surface area contributed by atoms with Crippen molar-refractivity contribution < 1.29 is 4.79 Å². The lowest BCUT2D eigenvalue weighted by Crippen LogP contribution is -2.19. The monoisotopic (exact) mass is 119 g/mol. The first kappa shape index (κ1) is 4.68. The molecule has 0 aliphatic heterocycles. The van der Waals surface area contributed by atoms with Gasteiger partial charge < -0.3 is 0 Å². The first-order valence-electron chi connectivity index (χ1n) is 2.85. The van der Waals surface area contributed by atoms with Gasteiger partial charge in [-0.1, -0.05) is 0 Å². The van der Waals surface area contributed by atoms with E-state index in [0.29, 0.717) is 6.42 Å². The molecule has 44 valence electrons. The molecule has 0 spiro atoms. The molecule has 0 N–H and O–H groups in total. The summed E-state index contributed by atoms with van der Waals surface area (Å²) in [5, 5.41) is 0. The summed E-state index contributed by atoms with van der Waals surface area (Å²) in [6.07, 6.45) is 2.25. The van der Waals surface area contributed by atoms with E-state index in [1.54, 1.807) is 12.3 Å². The molecule has 0 saturated heterocycles. The molecule has 2 rings (SSSR count). The standard InChI is InChI=1S/C7H5NO/c9-7-4-6-5(7)2-1-3-8-6/h1-3H,4H2. The zero-order valence-corrected chi connectivity index (χ0v) is 4.79. The minimum Gasteiger partial charge on any atom is -0.294 e. The number of rotatable bonds is 0. The van der Waals surface area contributed by atoms with Crippen LogP contribution in [0.4, 0.5) is 0 Å². The van der Waals surface area contributed by atoms with Crippen LogP contribution in [0, 0.1) is 0 Å². The third-order valence-electron chi connectivity index (χ3n) is 1.52. The predicted molar refractivity (Wildman–Crippen MR) is 32.3 cm³/mol. The van der Waals surface area contributed by atoms with Gasteiger partial charge in [0.2, 0.25) is 0 Å². The van der Waals surface area contributed by atoms with Crippen molar-refractivity contribution in [2.24, 2.45) is 0 Å². The molecule has 1 heterocycles. The summed E-state index contributed by atoms with van der Waals surface area (Å²) in [5.74, 6) is 0.220. The van der Waals surface area contributed by atoms with Crippen LogP contribution >= 0.6 is 0 Å². The fourth-order valence-corrected chi connectivity index (χ4v) is 0.973. The summed E-state index contributed by atoms with van der Waals surface area (Å²) in [6.45, 7) is 0. The van der Waals surface area contributed by atoms with Crippen LogP contribution in [0.5, 0.6) is 0 Å². The van der Waals surface area contributed by atoms with Gasteiger partial charge in [-0.3, -0.25) is 9.78 Å². The van der Waals surface area contributed by atoms with Crippen molar-refractivity contribution in [1.29, 1.82) is 0 Å². The van der Waals surface area contributed by atoms with E-state index in [-0.39, 0.29) is 5.78 Å². The molecule has 1 aromatic heterocycles. The van der Waals surface area contributed by atoms with Crippen molar-refractivity contribution in [1.82, 2.24) is 4.98 Å². The van der Waals surface area contributed by atoms with Crippen LogP contribution in [-0.2, 0) is 6.42 Å². The van der Waals surface area contributed by atoms with Crippen molar-refractivity contribution in [2.45, 2.75) is 6.42 Å². The van der Waals surface area contributed by atoms with Gasteiger partial charge in [0, 0.05) is 11.8 Å². The minimum absolute atomic E-state index is 0.220. The first-order chi connectivity index (χ1) is 4.38. The molecule has 0 atom stereocenters. The second kappa shape index (κ2) is 1.41. The van der Waals surface area contributed by atoms with Crippen LogP contribution in [0.1, 0.15) is 16.1 Å². The van der Waals surface area contributed by atoms with E-state index < -0.39 is 0 Å². The fraction of sp³-hybridized carbons (Fsp3) is 0.143. The van der Waals surface area contributed by atoms with Crippen molar-refractivity contribution in [2.75, 3.05) is 0 Å². The number of ketones is 1. The van der Waals surface area contributed by atoms with Gasteiger partial charge in [-0.15, -0.1) is 0 Å². The van der Waals surface area contributed by atoms with E-state index in [1.807, 2.05) is 6.07 Å². The molecule has 2 nitrogen and oxygen atoms in total. The molecule has 0 amide bonds. The lowest BCUT2D eigenvalue weighted by molar-refractivity contribution is 0.0965. The van der Waals surface area contributed by atoms with Gasteiger partial charge in [0.05, 0.1) is 12.1 Å². The molecular formula is C7H5NO. The highest BCUT2D eigenvalue weighted by molar-refractivity contribution is 6.05. The second-order valence-electron chi connectivity index (χ2n) is 2.10. The molecular weight excluding hydrogens is 114 g/mol. The Morgan fingerprint density at radius 3 is 3.00 bits per heavy atom. The average molecular weight is 119 g/mol. The van der Waals surface area contributed by atoms with E-state index in [1.165, 1.54) is 0 Å². The topological polar surface area (TPSA) is 30.0 Å². The Bertz CT molecular complexity index is 267. The van der Waals surface area contributed by atoms with E-state index in [0.717, 1.165) is 11.3 Å². The highest BCUT2D eigenvalue weighted by Gasteiger charge is 2.22. The molecule has 0 bridgehead atoms. The Kier molecular flexibility index (Phi) is 0.730. The SMILES string of the molecule is O=C1Cc2ncccc21. The first-order valence-corrected chi connectivity index (χ1v) is 2.85. The summed E-state index contributed by atoms with van der Waals surface area (Å²) in [4.78, 5) is 14.7. The smallest absolute Gasteiger partial charge is 0.170 e. The Morgan fingerprint density at radius 1 is 1.56 bits per heavy atom. The third-order valence-corrected chi connectivity index (χ3v) is 1.52. The molecule has 0 unspecified atom stereocenters. The maximum atomic E-state index is 10.7. The van der Waals surface area contributed by atoms with Crippen molar-refractivity contribution in [3.8, 4) is 0 Å². The number of carbonyl (C=O) groups is 1. The van der Waals surface area contributed by atoms with E-state index in [2.05, 4.69) is 4.98 Å². The number of hydrogen-bond acceptors (Lipinski definition) is 2. The predicted octanol–water partition coefficient (Wildman–Crippen LogP) is 0.820. The largest absolute Gasteiger partial charge is 0.294 e. The van der Waals surface area contributed by atoms with Crippen LogP contribution in [-0.4, -0.2) is 10.8 Å². The van der Waals surface area contributed by atoms with Gasteiger partial charge in [-0.05, 0) is 12.1 Å². The summed E-state index contributed by atoms with van der Waals surface area (Å²) in [5.41, 5.74) is 1.75. The van der Waals surface area contributed by atoms with Gasteiger partial charge in [-0.2, -0.15) is 0 Å². The van der Waals surface area contributed by atoms with Gasteiger partial charge in [0.1, 0.15) is 0 Å². The summed E-state index contributed by atoms with van der Waals surface area (Å²) in [6, 6.07) is 3.60. The zero-order valence-electron chi connectivity index (χ0n) is 4.79. The highest BCUT2D eigenvalue weighted by Crippen LogP contribution is 2.18. The van der Waals surface area contributed by atoms with Crippen LogP contribution in [0.2, 0.25) is 0 Å². The number of hydrogen-bond donors (Lipinski definition) is 0. The number of Topliss-reactive ketones (excluding diaryl/α,β-unsaturated/α-hetero) is 1. The number of nitrogens with zero attached hydrogens (tertiary/aromatic N) is 1. The minimum atomic E-state index is 0.220. The van der Waals surface area contributed by atoms with Gasteiger partial charge >= 0.3 is 0 Å². The number of pyridine rings is 1. The molecule has 0 fully saturated rings. The molecule has 1 aliphatic rings. The maximum absolute atomic E-state index is 10.7. The number of carbonyl (C=O) groups excluding carboxylic acids is 1. The van der Waals surface area contributed by atoms with Crippen molar-refractivity contribution in [3.63, 3.8) is 0 Å². The van der Waals surface area contributed by atoms with Crippen LogP contribution in [0.25, 0.3) is 0 Å². The number of fused-ring (bicyclic) bond motifs is 1. The highest BCUT2D eigenvalue weighted by atomic mass is 16.1. The zero-order chi connectivity index (χ0) is 6.27. The Hall–Kier alpha value is -1.18. The Morgan fingerprint density at radius 2 is 2.44 bits per heavy atom. The maximum Gasteiger partial charge on any atom is 0.170 e. The Balaban J connectivity index is 2.63. The quantitative estimate of drug-likeness (QED) is 0.506. The van der Waals surface area contributed by atoms with E-state index >= 15 is 0 Å². The summed E-state index contributed by atoms with van der Waals surface area (Å²) >= 11 is 0. The van der Waals surface area contributed by atoms with Crippen molar-refractivity contribution in [3.05, 3.63) is 29.6 Å². The third kappa shape index (κ3) is 0.499. The summed E-state index contributed by atoms with van der Waals surface area (Å²) < 4.78 is 0. The molecule has 1 aromatic rings.